The van der Waals surface area contributed by atoms with E-state index in [4.69, 9.17) is 0 Å². The van der Waals surface area contributed by atoms with Gasteiger partial charge in [-0.15, -0.1) is 0 Å². The maximum absolute atomic E-state index is 12.7. The first-order valence-corrected chi connectivity index (χ1v) is 10.2. The van der Waals surface area contributed by atoms with Crippen LogP contribution in [0, 0.1) is 5.92 Å². The van der Waals surface area contributed by atoms with Crippen LogP contribution in [0.25, 0.3) is 0 Å². The lowest BCUT2D eigenvalue weighted by molar-refractivity contribution is 0.249. The second kappa shape index (κ2) is 6.94. The zero-order valence-electron chi connectivity index (χ0n) is 13.0. The molecule has 122 valence electrons. The Kier molecular flexibility index (Phi) is 5.19. The number of rotatable bonds is 5. The van der Waals surface area contributed by atoms with Gasteiger partial charge >= 0.3 is 0 Å². The van der Waals surface area contributed by atoms with Crippen LogP contribution in [0.3, 0.4) is 0 Å². The molecule has 0 amide bonds. The highest BCUT2D eigenvalue weighted by molar-refractivity contribution is 7.89. The molecule has 21 heavy (non-hydrogen) atoms. The molecule has 6 heteroatoms. The summed E-state index contributed by atoms with van der Waals surface area (Å²) in [7, 11) is -3.07. The van der Waals surface area contributed by atoms with Crippen molar-refractivity contribution >= 4 is 10.0 Å². The standard InChI is InChI=1S/C15H29N3O2S/c19-21(20,13-12-17-10-7-16-8-11-17)18-9-3-6-15(18)14-4-1-2-5-14/h14-16H,1-13H2. The molecule has 0 radical (unpaired) electrons. The summed E-state index contributed by atoms with van der Waals surface area (Å²) >= 11 is 0. The van der Waals surface area contributed by atoms with Gasteiger partial charge in [-0.25, -0.2) is 8.42 Å². The van der Waals surface area contributed by atoms with E-state index in [9.17, 15) is 8.42 Å². The van der Waals surface area contributed by atoms with E-state index in [1.54, 1.807) is 0 Å². The third kappa shape index (κ3) is 3.78. The summed E-state index contributed by atoms with van der Waals surface area (Å²) < 4.78 is 27.3. The van der Waals surface area contributed by atoms with Gasteiger partial charge in [0.15, 0.2) is 0 Å². The summed E-state index contributed by atoms with van der Waals surface area (Å²) in [6, 6.07) is 0.306. The maximum Gasteiger partial charge on any atom is 0.215 e. The molecule has 0 aromatic rings. The fraction of sp³-hybridized carbons (Fsp3) is 1.00. The number of piperazine rings is 1. The van der Waals surface area contributed by atoms with Crippen LogP contribution >= 0.6 is 0 Å². The van der Waals surface area contributed by atoms with Gasteiger partial charge in [-0.05, 0) is 31.6 Å². The number of nitrogens with zero attached hydrogens (tertiary/aromatic N) is 2. The predicted octanol–water partition coefficient (Wildman–Crippen LogP) is 0.876. The monoisotopic (exact) mass is 315 g/mol. The molecule has 3 fully saturated rings. The van der Waals surface area contributed by atoms with Gasteiger partial charge in [0.05, 0.1) is 5.75 Å². The van der Waals surface area contributed by atoms with E-state index in [1.165, 1.54) is 25.7 Å². The quantitative estimate of drug-likeness (QED) is 0.818. The third-order valence-corrected chi connectivity index (χ3v) is 7.29. The summed E-state index contributed by atoms with van der Waals surface area (Å²) in [6.45, 7) is 5.36. The van der Waals surface area contributed by atoms with Crippen molar-refractivity contribution in [1.29, 1.82) is 0 Å². The van der Waals surface area contributed by atoms with Gasteiger partial charge in [0.2, 0.25) is 10.0 Å². The molecule has 5 nitrogen and oxygen atoms in total. The van der Waals surface area contributed by atoms with E-state index in [-0.39, 0.29) is 0 Å². The van der Waals surface area contributed by atoms with Gasteiger partial charge in [0, 0.05) is 45.3 Å². The molecule has 0 spiro atoms. The minimum absolute atomic E-state index is 0.302. The molecule has 1 saturated carbocycles. The first-order valence-electron chi connectivity index (χ1n) is 8.59. The Morgan fingerprint density at radius 3 is 2.38 bits per heavy atom. The molecular formula is C15H29N3O2S. The Labute approximate surface area is 129 Å². The molecule has 1 N–H and O–H groups in total. The fourth-order valence-electron chi connectivity index (χ4n) is 4.22. The topological polar surface area (TPSA) is 52.7 Å². The molecule has 1 atom stereocenters. The van der Waals surface area contributed by atoms with Crippen molar-refractivity contribution in [3.05, 3.63) is 0 Å². The van der Waals surface area contributed by atoms with Crippen LogP contribution in [-0.4, -0.2) is 68.7 Å². The molecule has 2 heterocycles. The lowest BCUT2D eigenvalue weighted by Gasteiger charge is -2.31. The van der Waals surface area contributed by atoms with Crippen molar-refractivity contribution in [2.45, 2.75) is 44.6 Å². The van der Waals surface area contributed by atoms with Crippen molar-refractivity contribution in [2.75, 3.05) is 45.0 Å². The SMILES string of the molecule is O=S(=O)(CCN1CCNCC1)N1CCCC1C1CCCC1. The van der Waals surface area contributed by atoms with Gasteiger partial charge in [-0.2, -0.15) is 4.31 Å². The summed E-state index contributed by atoms with van der Waals surface area (Å²) in [5.74, 6) is 0.928. The zero-order valence-corrected chi connectivity index (χ0v) is 13.8. The van der Waals surface area contributed by atoms with Crippen molar-refractivity contribution in [2.24, 2.45) is 5.92 Å². The Bertz CT molecular complexity index is 428. The predicted molar refractivity (Wildman–Crippen MR) is 84.8 cm³/mol. The van der Waals surface area contributed by atoms with E-state index >= 15 is 0 Å². The molecule has 1 aliphatic carbocycles. The van der Waals surface area contributed by atoms with Crippen LogP contribution in [0.2, 0.25) is 0 Å². The lowest BCUT2D eigenvalue weighted by atomic mass is 9.97. The zero-order chi connectivity index (χ0) is 14.7. The second-order valence-corrected chi connectivity index (χ2v) is 8.81. The average molecular weight is 315 g/mol. The minimum Gasteiger partial charge on any atom is -0.314 e. The van der Waals surface area contributed by atoms with Crippen LogP contribution in [0.5, 0.6) is 0 Å². The highest BCUT2D eigenvalue weighted by atomic mass is 32.2. The molecule has 2 saturated heterocycles. The number of hydrogen-bond donors (Lipinski definition) is 1. The minimum atomic E-state index is -3.07. The molecular weight excluding hydrogens is 286 g/mol. The van der Waals surface area contributed by atoms with Crippen LogP contribution in [0.1, 0.15) is 38.5 Å². The van der Waals surface area contributed by atoms with Crippen molar-refractivity contribution < 1.29 is 8.42 Å². The Balaban J connectivity index is 1.57. The maximum atomic E-state index is 12.7. The Morgan fingerprint density at radius 2 is 1.67 bits per heavy atom. The van der Waals surface area contributed by atoms with Gasteiger partial charge in [0.1, 0.15) is 0 Å². The largest absolute Gasteiger partial charge is 0.314 e. The summed E-state index contributed by atoms with van der Waals surface area (Å²) in [6.07, 6.45) is 7.17. The lowest BCUT2D eigenvalue weighted by Crippen LogP contribution is -2.47. The van der Waals surface area contributed by atoms with Gasteiger partial charge in [-0.1, -0.05) is 12.8 Å². The second-order valence-electron chi connectivity index (χ2n) is 6.77. The van der Waals surface area contributed by atoms with Crippen LogP contribution in [0.4, 0.5) is 0 Å². The highest BCUT2D eigenvalue weighted by Gasteiger charge is 2.39. The van der Waals surface area contributed by atoms with Crippen LogP contribution in [0.15, 0.2) is 0 Å². The third-order valence-electron chi connectivity index (χ3n) is 5.42. The first-order chi connectivity index (χ1) is 10.2. The van der Waals surface area contributed by atoms with Crippen molar-refractivity contribution in [1.82, 2.24) is 14.5 Å². The molecule has 0 aromatic heterocycles. The Hall–Kier alpha value is -0.170. The smallest absolute Gasteiger partial charge is 0.215 e. The Morgan fingerprint density at radius 1 is 0.952 bits per heavy atom. The summed E-state index contributed by atoms with van der Waals surface area (Å²) in [5, 5.41) is 3.31. The van der Waals surface area contributed by atoms with Crippen LogP contribution < -0.4 is 5.32 Å². The first kappa shape index (κ1) is 15.7. The molecule has 3 aliphatic rings. The molecule has 0 bridgehead atoms. The van der Waals surface area contributed by atoms with Gasteiger partial charge in [0.25, 0.3) is 0 Å². The van der Waals surface area contributed by atoms with Gasteiger partial charge < -0.3 is 5.32 Å². The molecule has 1 unspecified atom stereocenters. The number of sulfonamides is 1. The normalized spacial score (nSPS) is 30.2. The van der Waals surface area contributed by atoms with E-state index in [0.717, 1.165) is 45.6 Å². The van der Waals surface area contributed by atoms with Crippen molar-refractivity contribution in [3.63, 3.8) is 0 Å². The van der Waals surface area contributed by atoms with Crippen molar-refractivity contribution in [3.8, 4) is 0 Å². The van der Waals surface area contributed by atoms with E-state index in [1.807, 2.05) is 4.31 Å². The molecule has 0 aromatic carbocycles. The van der Waals surface area contributed by atoms with Crippen LogP contribution in [-0.2, 0) is 10.0 Å². The molecule has 2 aliphatic heterocycles. The fourth-order valence-corrected chi connectivity index (χ4v) is 6.04. The van der Waals surface area contributed by atoms with E-state index < -0.39 is 10.0 Å². The van der Waals surface area contributed by atoms with E-state index in [0.29, 0.717) is 24.3 Å². The van der Waals surface area contributed by atoms with Gasteiger partial charge in [-0.3, -0.25) is 4.90 Å². The highest BCUT2D eigenvalue weighted by Crippen LogP contribution is 2.36. The average Bonchev–Trinajstić information content (AvgIpc) is 3.16. The molecule has 3 rings (SSSR count). The van der Waals surface area contributed by atoms with E-state index in [2.05, 4.69) is 10.2 Å². The number of nitrogens with one attached hydrogen (secondary N) is 1. The number of hydrogen-bond acceptors (Lipinski definition) is 4. The summed E-state index contributed by atoms with van der Waals surface area (Å²) in [5.41, 5.74) is 0. The summed E-state index contributed by atoms with van der Waals surface area (Å²) in [4.78, 5) is 2.27.